The summed E-state index contributed by atoms with van der Waals surface area (Å²) in [5.74, 6) is -0.141. The summed E-state index contributed by atoms with van der Waals surface area (Å²) >= 11 is 1.57. The Bertz CT molecular complexity index is 798. The second kappa shape index (κ2) is 8.96. The predicted octanol–water partition coefficient (Wildman–Crippen LogP) is 2.99. The van der Waals surface area contributed by atoms with E-state index in [1.165, 1.54) is 0 Å². The number of amides is 3. The van der Waals surface area contributed by atoms with Gasteiger partial charge in [0.1, 0.15) is 0 Å². The minimum absolute atomic E-state index is 0.115. The second-order valence-corrected chi connectivity index (χ2v) is 7.76. The third-order valence-electron chi connectivity index (χ3n) is 4.33. The number of nitrogens with zero attached hydrogens (tertiary/aromatic N) is 1. The zero-order chi connectivity index (χ0) is 19.2. The Morgan fingerprint density at radius 3 is 2.63 bits per heavy atom. The summed E-state index contributed by atoms with van der Waals surface area (Å²) < 4.78 is 5.49. The van der Waals surface area contributed by atoms with Crippen molar-refractivity contribution < 1.29 is 14.3 Å². The van der Waals surface area contributed by atoms with E-state index in [1.807, 2.05) is 13.8 Å². The lowest BCUT2D eigenvalue weighted by Crippen LogP contribution is -2.31. The van der Waals surface area contributed by atoms with Gasteiger partial charge in [0.2, 0.25) is 0 Å². The molecule has 0 radical (unpaired) electrons. The molecule has 0 saturated carbocycles. The number of anilines is 1. The maximum Gasteiger partial charge on any atom is 0.319 e. The molecule has 2 aromatic rings. The van der Waals surface area contributed by atoms with Crippen LogP contribution in [0.5, 0.6) is 0 Å². The van der Waals surface area contributed by atoms with Crippen molar-refractivity contribution in [2.45, 2.75) is 39.3 Å². The van der Waals surface area contributed by atoms with Crippen molar-refractivity contribution in [1.29, 1.82) is 0 Å². The Morgan fingerprint density at radius 1 is 1.22 bits per heavy atom. The zero-order valence-electron chi connectivity index (χ0n) is 15.5. The molecule has 1 saturated heterocycles. The zero-order valence-corrected chi connectivity index (χ0v) is 16.3. The molecule has 3 N–H and O–H groups in total. The molecular weight excluding hydrogens is 364 g/mol. The van der Waals surface area contributed by atoms with Crippen molar-refractivity contribution >= 4 is 29.0 Å². The van der Waals surface area contributed by atoms with Crippen molar-refractivity contribution in [3.63, 3.8) is 0 Å². The smallest absolute Gasteiger partial charge is 0.319 e. The number of urea groups is 1. The Kier molecular flexibility index (Phi) is 6.41. The SMILES string of the molecule is Cc1nc(C)c(CNC(=O)Nc2ccc(C(=O)NC[C@H]3CCCO3)cc2)s1. The quantitative estimate of drug-likeness (QED) is 0.709. The van der Waals surface area contributed by atoms with Gasteiger partial charge in [-0.1, -0.05) is 0 Å². The van der Waals surface area contributed by atoms with E-state index in [4.69, 9.17) is 4.74 Å². The Balaban J connectivity index is 1.45. The lowest BCUT2D eigenvalue weighted by atomic mass is 10.2. The molecule has 144 valence electrons. The molecule has 0 spiro atoms. The van der Waals surface area contributed by atoms with Crippen LogP contribution in [0.25, 0.3) is 0 Å². The van der Waals surface area contributed by atoms with Gasteiger partial charge in [-0.3, -0.25) is 4.79 Å². The number of benzene rings is 1. The molecule has 2 heterocycles. The van der Waals surface area contributed by atoms with E-state index in [2.05, 4.69) is 20.9 Å². The van der Waals surface area contributed by atoms with Gasteiger partial charge in [0, 0.05) is 29.3 Å². The first-order chi connectivity index (χ1) is 13.0. The number of nitrogens with one attached hydrogen (secondary N) is 3. The lowest BCUT2D eigenvalue weighted by Gasteiger charge is -2.11. The standard InChI is InChI=1S/C19H24N4O3S/c1-12-17(27-13(2)22-12)11-21-19(25)23-15-7-5-14(6-8-15)18(24)20-10-16-4-3-9-26-16/h5-8,16H,3-4,9-11H2,1-2H3,(H,20,24)(H2,21,23,25)/t16-/m1/s1. The Morgan fingerprint density at radius 2 is 2.00 bits per heavy atom. The van der Waals surface area contributed by atoms with Crippen LogP contribution in [0, 0.1) is 13.8 Å². The first-order valence-electron chi connectivity index (χ1n) is 8.99. The third kappa shape index (κ3) is 5.51. The van der Waals surface area contributed by atoms with Crippen molar-refractivity contribution in [2.75, 3.05) is 18.5 Å². The number of carbonyl (C=O) groups is 2. The van der Waals surface area contributed by atoms with E-state index >= 15 is 0 Å². The molecule has 3 amide bonds. The molecule has 8 heteroatoms. The van der Waals surface area contributed by atoms with Crippen LogP contribution >= 0.6 is 11.3 Å². The topological polar surface area (TPSA) is 92.4 Å². The summed E-state index contributed by atoms with van der Waals surface area (Å²) in [5, 5.41) is 9.44. The maximum atomic E-state index is 12.2. The van der Waals surface area contributed by atoms with E-state index in [9.17, 15) is 9.59 Å². The minimum Gasteiger partial charge on any atom is -0.376 e. The molecule has 0 aliphatic carbocycles. The van der Waals surface area contributed by atoms with Gasteiger partial charge < -0.3 is 20.7 Å². The highest BCUT2D eigenvalue weighted by molar-refractivity contribution is 7.11. The largest absolute Gasteiger partial charge is 0.376 e. The van der Waals surface area contributed by atoms with Crippen LogP contribution in [0.15, 0.2) is 24.3 Å². The van der Waals surface area contributed by atoms with E-state index in [1.54, 1.807) is 35.6 Å². The van der Waals surface area contributed by atoms with Gasteiger partial charge in [-0.2, -0.15) is 0 Å². The molecule has 27 heavy (non-hydrogen) atoms. The first-order valence-corrected chi connectivity index (χ1v) is 9.80. The Labute approximate surface area is 162 Å². The average molecular weight is 388 g/mol. The summed E-state index contributed by atoms with van der Waals surface area (Å²) in [4.78, 5) is 29.6. The van der Waals surface area contributed by atoms with Gasteiger partial charge in [-0.05, 0) is 51.0 Å². The van der Waals surface area contributed by atoms with E-state index in [0.29, 0.717) is 24.3 Å². The van der Waals surface area contributed by atoms with Gasteiger partial charge in [-0.25, -0.2) is 9.78 Å². The van der Waals surface area contributed by atoms with Crippen LogP contribution in [-0.2, 0) is 11.3 Å². The fourth-order valence-corrected chi connectivity index (χ4v) is 3.77. The second-order valence-electron chi connectivity index (χ2n) is 6.47. The number of thiazole rings is 1. The highest BCUT2D eigenvalue weighted by Gasteiger charge is 2.16. The normalized spacial score (nSPS) is 16.1. The van der Waals surface area contributed by atoms with Gasteiger partial charge in [-0.15, -0.1) is 11.3 Å². The van der Waals surface area contributed by atoms with Crippen LogP contribution < -0.4 is 16.0 Å². The van der Waals surface area contributed by atoms with E-state index < -0.39 is 0 Å². The average Bonchev–Trinajstić information content (AvgIpc) is 3.27. The van der Waals surface area contributed by atoms with Crippen molar-refractivity contribution in [3.05, 3.63) is 45.4 Å². The molecule has 1 aromatic heterocycles. The molecule has 1 aliphatic heterocycles. The highest BCUT2D eigenvalue weighted by Crippen LogP contribution is 2.17. The van der Waals surface area contributed by atoms with Crippen LogP contribution in [0.3, 0.4) is 0 Å². The van der Waals surface area contributed by atoms with Crippen molar-refractivity contribution in [2.24, 2.45) is 0 Å². The van der Waals surface area contributed by atoms with Gasteiger partial charge in [0.05, 0.1) is 23.4 Å². The van der Waals surface area contributed by atoms with Crippen LogP contribution in [0.1, 0.15) is 38.8 Å². The molecule has 7 nitrogen and oxygen atoms in total. The monoisotopic (exact) mass is 388 g/mol. The molecule has 3 rings (SSSR count). The number of carbonyl (C=O) groups excluding carboxylic acids is 2. The van der Waals surface area contributed by atoms with Gasteiger partial charge >= 0.3 is 6.03 Å². The number of hydrogen-bond acceptors (Lipinski definition) is 5. The first kappa shape index (κ1) is 19.3. The lowest BCUT2D eigenvalue weighted by molar-refractivity contribution is 0.0858. The van der Waals surface area contributed by atoms with E-state index in [0.717, 1.165) is 35.0 Å². The number of aromatic nitrogens is 1. The van der Waals surface area contributed by atoms with Crippen molar-refractivity contribution in [1.82, 2.24) is 15.6 Å². The summed E-state index contributed by atoms with van der Waals surface area (Å²) in [6.07, 6.45) is 2.15. The van der Waals surface area contributed by atoms with E-state index in [-0.39, 0.29) is 18.0 Å². The number of aryl methyl sites for hydroxylation is 2. The molecule has 1 atom stereocenters. The third-order valence-corrected chi connectivity index (χ3v) is 5.40. The fourth-order valence-electron chi connectivity index (χ4n) is 2.89. The molecule has 1 aromatic carbocycles. The molecule has 0 unspecified atom stereocenters. The van der Waals surface area contributed by atoms with Crippen LogP contribution in [0.4, 0.5) is 10.5 Å². The predicted molar refractivity (Wildman–Crippen MR) is 105 cm³/mol. The van der Waals surface area contributed by atoms with Gasteiger partial charge in [0.25, 0.3) is 5.91 Å². The summed E-state index contributed by atoms with van der Waals surface area (Å²) in [6.45, 7) is 5.61. The Hall–Kier alpha value is -2.45. The number of hydrogen-bond donors (Lipinski definition) is 3. The van der Waals surface area contributed by atoms with Crippen molar-refractivity contribution in [3.8, 4) is 0 Å². The summed E-state index contributed by atoms with van der Waals surface area (Å²) in [6, 6.07) is 6.51. The minimum atomic E-state index is -0.295. The number of rotatable bonds is 6. The highest BCUT2D eigenvalue weighted by atomic mass is 32.1. The summed E-state index contributed by atoms with van der Waals surface area (Å²) in [5.41, 5.74) is 2.12. The molecular formula is C19H24N4O3S. The van der Waals surface area contributed by atoms with Crippen LogP contribution in [0.2, 0.25) is 0 Å². The fraction of sp³-hybridized carbons (Fsp3) is 0.421. The number of ether oxygens (including phenoxy) is 1. The molecule has 0 bridgehead atoms. The molecule has 1 aliphatic rings. The van der Waals surface area contributed by atoms with Crippen LogP contribution in [-0.4, -0.2) is 36.2 Å². The maximum absolute atomic E-state index is 12.2. The van der Waals surface area contributed by atoms with Gasteiger partial charge in [0.15, 0.2) is 0 Å². The molecule has 1 fully saturated rings. The summed E-state index contributed by atoms with van der Waals surface area (Å²) in [7, 11) is 0.